The SMILES string of the molecule is C=CCC(=O)NC(Cc1ccccc1)C(=O)O. The van der Waals surface area contributed by atoms with Crippen molar-refractivity contribution in [1.82, 2.24) is 5.32 Å². The maximum absolute atomic E-state index is 11.3. The molecule has 90 valence electrons. The lowest BCUT2D eigenvalue weighted by Gasteiger charge is -2.13. The van der Waals surface area contributed by atoms with E-state index in [9.17, 15) is 9.59 Å². The highest BCUT2D eigenvalue weighted by Gasteiger charge is 2.19. The number of carboxylic acids is 1. The number of benzene rings is 1. The number of nitrogens with one attached hydrogen (secondary N) is 1. The monoisotopic (exact) mass is 233 g/mol. The second-order valence-electron chi connectivity index (χ2n) is 3.64. The number of carbonyl (C=O) groups excluding carboxylic acids is 1. The van der Waals surface area contributed by atoms with Gasteiger partial charge in [0.15, 0.2) is 0 Å². The van der Waals surface area contributed by atoms with Crippen molar-refractivity contribution >= 4 is 11.9 Å². The first-order valence-electron chi connectivity index (χ1n) is 5.30. The van der Waals surface area contributed by atoms with Crippen LogP contribution in [0.5, 0.6) is 0 Å². The van der Waals surface area contributed by atoms with Gasteiger partial charge in [-0.05, 0) is 5.56 Å². The van der Waals surface area contributed by atoms with Gasteiger partial charge in [-0.3, -0.25) is 4.79 Å². The van der Waals surface area contributed by atoms with Gasteiger partial charge in [0, 0.05) is 12.8 Å². The van der Waals surface area contributed by atoms with E-state index < -0.39 is 12.0 Å². The van der Waals surface area contributed by atoms with Gasteiger partial charge in [0.1, 0.15) is 6.04 Å². The molecule has 0 bridgehead atoms. The summed E-state index contributed by atoms with van der Waals surface area (Å²) in [5.74, 6) is -1.37. The molecule has 17 heavy (non-hydrogen) atoms. The van der Waals surface area contributed by atoms with Crippen LogP contribution >= 0.6 is 0 Å². The summed E-state index contributed by atoms with van der Waals surface area (Å²) >= 11 is 0. The Balaban J connectivity index is 2.64. The highest BCUT2D eigenvalue weighted by atomic mass is 16.4. The first-order valence-corrected chi connectivity index (χ1v) is 5.30. The fourth-order valence-electron chi connectivity index (χ4n) is 1.43. The van der Waals surface area contributed by atoms with Crippen LogP contribution in [-0.2, 0) is 16.0 Å². The van der Waals surface area contributed by atoms with Crippen LogP contribution in [0.1, 0.15) is 12.0 Å². The molecule has 1 aromatic rings. The molecule has 1 unspecified atom stereocenters. The van der Waals surface area contributed by atoms with Crippen LogP contribution in [-0.4, -0.2) is 23.0 Å². The fourth-order valence-corrected chi connectivity index (χ4v) is 1.43. The van der Waals surface area contributed by atoms with Crippen molar-refractivity contribution in [2.45, 2.75) is 18.9 Å². The molecular formula is C13H15NO3. The molecule has 1 rings (SSSR count). The molecule has 0 aromatic heterocycles. The Hall–Kier alpha value is -2.10. The zero-order valence-electron chi connectivity index (χ0n) is 9.43. The van der Waals surface area contributed by atoms with Crippen LogP contribution < -0.4 is 5.32 Å². The Labute approximate surface area is 100.0 Å². The van der Waals surface area contributed by atoms with Crippen LogP contribution in [0.2, 0.25) is 0 Å². The third-order valence-corrected chi connectivity index (χ3v) is 2.25. The minimum atomic E-state index is -1.04. The Kier molecular flexibility index (Phi) is 4.94. The smallest absolute Gasteiger partial charge is 0.326 e. The van der Waals surface area contributed by atoms with Crippen molar-refractivity contribution in [3.05, 3.63) is 48.6 Å². The van der Waals surface area contributed by atoms with Gasteiger partial charge in [0.05, 0.1) is 0 Å². The summed E-state index contributed by atoms with van der Waals surface area (Å²) in [7, 11) is 0. The fraction of sp³-hybridized carbons (Fsp3) is 0.231. The molecule has 0 saturated heterocycles. The summed E-state index contributed by atoms with van der Waals surface area (Å²) in [5.41, 5.74) is 0.874. The number of carboxylic acid groups (broad SMARTS) is 1. The lowest BCUT2D eigenvalue weighted by atomic mass is 10.1. The zero-order chi connectivity index (χ0) is 12.7. The third kappa shape index (κ3) is 4.51. The van der Waals surface area contributed by atoms with E-state index in [1.165, 1.54) is 6.08 Å². The van der Waals surface area contributed by atoms with Gasteiger partial charge in [-0.25, -0.2) is 4.79 Å². The number of amides is 1. The molecule has 1 amide bonds. The van der Waals surface area contributed by atoms with Gasteiger partial charge in [0.2, 0.25) is 5.91 Å². The van der Waals surface area contributed by atoms with Crippen molar-refractivity contribution in [3.8, 4) is 0 Å². The van der Waals surface area contributed by atoms with Gasteiger partial charge in [-0.15, -0.1) is 6.58 Å². The molecule has 0 spiro atoms. The van der Waals surface area contributed by atoms with E-state index in [-0.39, 0.29) is 18.7 Å². The Morgan fingerprint density at radius 2 is 2.00 bits per heavy atom. The topological polar surface area (TPSA) is 66.4 Å². The van der Waals surface area contributed by atoms with E-state index in [0.717, 1.165) is 5.56 Å². The molecule has 0 aliphatic carbocycles. The van der Waals surface area contributed by atoms with Gasteiger partial charge >= 0.3 is 5.97 Å². The summed E-state index contributed by atoms with van der Waals surface area (Å²) in [4.78, 5) is 22.3. The first-order chi connectivity index (χ1) is 8.13. The molecule has 0 aliphatic rings. The Bertz CT molecular complexity index is 400. The standard InChI is InChI=1S/C13H15NO3/c1-2-6-12(15)14-11(13(16)17)9-10-7-4-3-5-8-10/h2-5,7-8,11H,1,6,9H2,(H,14,15)(H,16,17). The van der Waals surface area contributed by atoms with Crippen molar-refractivity contribution in [1.29, 1.82) is 0 Å². The summed E-state index contributed by atoms with van der Waals surface area (Å²) < 4.78 is 0. The van der Waals surface area contributed by atoms with E-state index in [2.05, 4.69) is 11.9 Å². The summed E-state index contributed by atoms with van der Waals surface area (Å²) in [5, 5.41) is 11.5. The number of hydrogen-bond donors (Lipinski definition) is 2. The first kappa shape index (κ1) is 13.0. The number of carbonyl (C=O) groups is 2. The van der Waals surface area contributed by atoms with Crippen LogP contribution in [0.4, 0.5) is 0 Å². The molecule has 4 heteroatoms. The molecule has 1 aromatic carbocycles. The highest BCUT2D eigenvalue weighted by molar-refractivity contribution is 5.84. The van der Waals surface area contributed by atoms with Crippen molar-refractivity contribution < 1.29 is 14.7 Å². The number of hydrogen-bond acceptors (Lipinski definition) is 2. The van der Waals surface area contributed by atoms with E-state index in [1.807, 2.05) is 30.3 Å². The van der Waals surface area contributed by atoms with Crippen LogP contribution in [0.3, 0.4) is 0 Å². The van der Waals surface area contributed by atoms with Gasteiger partial charge in [-0.2, -0.15) is 0 Å². The molecular weight excluding hydrogens is 218 g/mol. The average molecular weight is 233 g/mol. The minimum absolute atomic E-state index is 0.124. The van der Waals surface area contributed by atoms with Gasteiger partial charge in [0.25, 0.3) is 0 Å². The molecule has 0 fully saturated rings. The van der Waals surface area contributed by atoms with Gasteiger partial charge < -0.3 is 10.4 Å². The van der Waals surface area contributed by atoms with E-state index in [4.69, 9.17) is 5.11 Å². The second kappa shape index (κ2) is 6.48. The molecule has 4 nitrogen and oxygen atoms in total. The maximum atomic E-state index is 11.3. The second-order valence-corrected chi connectivity index (χ2v) is 3.64. The Morgan fingerprint density at radius 1 is 1.35 bits per heavy atom. The van der Waals surface area contributed by atoms with E-state index in [0.29, 0.717) is 0 Å². The third-order valence-electron chi connectivity index (χ3n) is 2.25. The zero-order valence-corrected chi connectivity index (χ0v) is 9.43. The maximum Gasteiger partial charge on any atom is 0.326 e. The van der Waals surface area contributed by atoms with Crippen molar-refractivity contribution in [2.75, 3.05) is 0 Å². The lowest BCUT2D eigenvalue weighted by molar-refractivity contribution is -0.141. The molecule has 0 saturated carbocycles. The average Bonchev–Trinajstić information content (AvgIpc) is 2.29. The quantitative estimate of drug-likeness (QED) is 0.729. The summed E-state index contributed by atoms with van der Waals surface area (Å²) in [6, 6.07) is 8.28. The Morgan fingerprint density at radius 3 is 2.53 bits per heavy atom. The van der Waals surface area contributed by atoms with Gasteiger partial charge in [-0.1, -0.05) is 36.4 Å². The summed E-state index contributed by atoms with van der Waals surface area (Å²) in [6.45, 7) is 3.43. The van der Waals surface area contributed by atoms with Crippen molar-refractivity contribution in [3.63, 3.8) is 0 Å². The molecule has 0 heterocycles. The normalized spacial score (nSPS) is 11.5. The van der Waals surface area contributed by atoms with Crippen LogP contribution in [0.15, 0.2) is 43.0 Å². The van der Waals surface area contributed by atoms with Crippen LogP contribution in [0.25, 0.3) is 0 Å². The summed E-state index contributed by atoms with van der Waals surface area (Å²) in [6.07, 6.45) is 1.84. The number of aliphatic carboxylic acids is 1. The lowest BCUT2D eigenvalue weighted by Crippen LogP contribution is -2.42. The number of rotatable bonds is 6. The largest absolute Gasteiger partial charge is 0.480 e. The molecule has 1 atom stereocenters. The van der Waals surface area contributed by atoms with Crippen molar-refractivity contribution in [2.24, 2.45) is 0 Å². The minimum Gasteiger partial charge on any atom is -0.480 e. The predicted octanol–water partition coefficient (Wildman–Crippen LogP) is 1.37. The van der Waals surface area contributed by atoms with Crippen LogP contribution in [0, 0.1) is 0 Å². The predicted molar refractivity (Wildman–Crippen MR) is 64.5 cm³/mol. The molecule has 2 N–H and O–H groups in total. The molecule has 0 aliphatic heterocycles. The van der Waals surface area contributed by atoms with E-state index >= 15 is 0 Å². The highest BCUT2D eigenvalue weighted by Crippen LogP contribution is 2.03. The molecule has 0 radical (unpaired) electrons. The van der Waals surface area contributed by atoms with E-state index in [1.54, 1.807) is 0 Å².